The zero-order valence-corrected chi connectivity index (χ0v) is 18.0. The Bertz CT molecular complexity index is 1070. The van der Waals surface area contributed by atoms with Crippen molar-refractivity contribution < 1.29 is 14.3 Å². The number of aromatic nitrogens is 3. The maximum Gasteiger partial charge on any atom is 0.359 e. The molecule has 0 saturated heterocycles. The molecule has 0 radical (unpaired) electrons. The first-order chi connectivity index (χ1) is 14.3. The molecule has 0 bridgehead atoms. The summed E-state index contributed by atoms with van der Waals surface area (Å²) in [5, 5.41) is 7.32. The van der Waals surface area contributed by atoms with E-state index in [1.54, 1.807) is 16.8 Å². The number of carbonyl (C=O) groups excluding carboxylic acids is 2. The number of benzene rings is 1. The van der Waals surface area contributed by atoms with Crippen molar-refractivity contribution >= 4 is 23.5 Å². The quantitative estimate of drug-likeness (QED) is 0.603. The molecule has 3 aromatic rings. The summed E-state index contributed by atoms with van der Waals surface area (Å²) < 4.78 is 6.93. The molecule has 0 aliphatic carbocycles. The molecular formula is C22H23ClN4O3. The van der Waals surface area contributed by atoms with E-state index in [0.29, 0.717) is 5.82 Å². The maximum atomic E-state index is 12.6. The normalized spacial score (nSPS) is 12.8. The SMILES string of the molecule is Cc1cc(C)n(-c2ccc(Cl)c(C(=O)OC(C)C(=O)NC(C)c3ccccc3)n2)n1. The van der Waals surface area contributed by atoms with Crippen LogP contribution in [0.2, 0.25) is 5.02 Å². The molecule has 0 fully saturated rings. The van der Waals surface area contributed by atoms with Gasteiger partial charge in [0.05, 0.1) is 16.8 Å². The van der Waals surface area contributed by atoms with E-state index in [1.165, 1.54) is 6.92 Å². The topological polar surface area (TPSA) is 86.1 Å². The number of esters is 1. The van der Waals surface area contributed by atoms with Gasteiger partial charge in [-0.15, -0.1) is 0 Å². The number of pyridine rings is 1. The standard InChI is InChI=1S/C22H23ClN4O3/c1-13-12-14(2)27(26-13)19-11-10-18(23)20(25-19)22(29)30-16(4)21(28)24-15(3)17-8-6-5-7-9-17/h5-12,15-16H,1-4H3,(H,24,28). The predicted octanol–water partition coefficient (Wildman–Crippen LogP) is 3.96. The molecule has 3 rings (SSSR count). The van der Waals surface area contributed by atoms with Crippen LogP contribution >= 0.6 is 11.6 Å². The second-order valence-electron chi connectivity index (χ2n) is 7.03. The Morgan fingerprint density at radius 3 is 2.43 bits per heavy atom. The Morgan fingerprint density at radius 1 is 1.10 bits per heavy atom. The van der Waals surface area contributed by atoms with Gasteiger partial charge in [-0.2, -0.15) is 5.10 Å². The molecule has 1 N–H and O–H groups in total. The van der Waals surface area contributed by atoms with Crippen molar-refractivity contribution in [2.24, 2.45) is 0 Å². The van der Waals surface area contributed by atoms with Crippen molar-refractivity contribution in [1.82, 2.24) is 20.1 Å². The predicted molar refractivity (Wildman–Crippen MR) is 114 cm³/mol. The average Bonchev–Trinajstić information content (AvgIpc) is 3.06. The molecular weight excluding hydrogens is 404 g/mol. The third-order valence-electron chi connectivity index (χ3n) is 4.56. The molecule has 0 aliphatic heterocycles. The van der Waals surface area contributed by atoms with Gasteiger partial charge in [-0.05, 0) is 51.5 Å². The molecule has 30 heavy (non-hydrogen) atoms. The molecule has 0 aliphatic rings. The summed E-state index contributed by atoms with van der Waals surface area (Å²) in [6.07, 6.45) is -1.01. The fourth-order valence-electron chi connectivity index (χ4n) is 2.98. The van der Waals surface area contributed by atoms with Crippen LogP contribution in [0.25, 0.3) is 5.82 Å². The number of halogens is 1. The van der Waals surface area contributed by atoms with Crippen molar-refractivity contribution in [2.75, 3.05) is 0 Å². The largest absolute Gasteiger partial charge is 0.448 e. The van der Waals surface area contributed by atoms with E-state index < -0.39 is 18.0 Å². The summed E-state index contributed by atoms with van der Waals surface area (Å²) in [6, 6.07) is 14.4. The van der Waals surface area contributed by atoms with Gasteiger partial charge in [0.15, 0.2) is 17.6 Å². The second-order valence-corrected chi connectivity index (χ2v) is 7.43. The lowest BCUT2D eigenvalue weighted by molar-refractivity contribution is -0.129. The van der Waals surface area contributed by atoms with Crippen LogP contribution in [0.3, 0.4) is 0 Å². The first-order valence-corrected chi connectivity index (χ1v) is 9.90. The Kier molecular flexibility index (Phi) is 6.52. The number of hydrogen-bond acceptors (Lipinski definition) is 5. The van der Waals surface area contributed by atoms with Gasteiger partial charge in [-0.1, -0.05) is 41.9 Å². The molecule has 2 atom stereocenters. The number of nitrogens with zero attached hydrogens (tertiary/aromatic N) is 3. The van der Waals surface area contributed by atoms with E-state index in [2.05, 4.69) is 15.4 Å². The third-order valence-corrected chi connectivity index (χ3v) is 4.87. The highest BCUT2D eigenvalue weighted by Gasteiger charge is 2.24. The highest BCUT2D eigenvalue weighted by molar-refractivity contribution is 6.33. The van der Waals surface area contributed by atoms with Crippen LogP contribution < -0.4 is 5.32 Å². The van der Waals surface area contributed by atoms with Crippen LogP contribution in [0.5, 0.6) is 0 Å². The van der Waals surface area contributed by atoms with Crippen molar-refractivity contribution in [3.05, 3.63) is 76.2 Å². The summed E-state index contributed by atoms with van der Waals surface area (Å²) in [5.74, 6) is -0.754. The number of rotatable bonds is 6. The number of carbonyl (C=O) groups is 2. The van der Waals surface area contributed by atoms with Gasteiger partial charge < -0.3 is 10.1 Å². The van der Waals surface area contributed by atoms with Gasteiger partial charge in [0.2, 0.25) is 0 Å². The lowest BCUT2D eigenvalue weighted by Gasteiger charge is -2.18. The minimum Gasteiger partial charge on any atom is -0.448 e. The third kappa shape index (κ3) is 4.86. The van der Waals surface area contributed by atoms with Crippen molar-refractivity contribution in [3.63, 3.8) is 0 Å². The van der Waals surface area contributed by atoms with E-state index in [9.17, 15) is 9.59 Å². The smallest absolute Gasteiger partial charge is 0.359 e. The van der Waals surface area contributed by atoms with Gasteiger partial charge in [0.25, 0.3) is 5.91 Å². The molecule has 1 aromatic carbocycles. The monoisotopic (exact) mass is 426 g/mol. The van der Waals surface area contributed by atoms with Gasteiger partial charge in [-0.3, -0.25) is 4.79 Å². The molecule has 2 heterocycles. The first kappa shape index (κ1) is 21.5. The molecule has 1 amide bonds. The summed E-state index contributed by atoms with van der Waals surface area (Å²) in [6.45, 7) is 7.11. The summed E-state index contributed by atoms with van der Waals surface area (Å²) in [5.41, 5.74) is 2.57. The van der Waals surface area contributed by atoms with E-state index in [1.807, 2.05) is 57.2 Å². The zero-order chi connectivity index (χ0) is 21.8. The fraction of sp³-hybridized carbons (Fsp3) is 0.273. The molecule has 8 heteroatoms. The molecule has 7 nitrogen and oxygen atoms in total. The first-order valence-electron chi connectivity index (χ1n) is 9.52. The van der Waals surface area contributed by atoms with E-state index in [0.717, 1.165) is 17.0 Å². The van der Waals surface area contributed by atoms with Gasteiger partial charge in [0, 0.05) is 5.69 Å². The summed E-state index contributed by atoms with van der Waals surface area (Å²) in [4.78, 5) is 29.4. The van der Waals surface area contributed by atoms with Crippen molar-refractivity contribution in [3.8, 4) is 5.82 Å². The zero-order valence-electron chi connectivity index (χ0n) is 17.2. The Balaban J connectivity index is 1.71. The second kappa shape index (κ2) is 9.09. The van der Waals surface area contributed by atoms with E-state index in [-0.39, 0.29) is 16.8 Å². The minimum absolute atomic E-state index is 0.0718. The fourth-order valence-corrected chi connectivity index (χ4v) is 3.16. The molecule has 0 saturated carbocycles. The molecule has 2 unspecified atom stereocenters. The highest BCUT2D eigenvalue weighted by Crippen LogP contribution is 2.19. The van der Waals surface area contributed by atoms with Crippen LogP contribution in [0.15, 0.2) is 48.5 Å². The molecule has 2 aromatic heterocycles. The van der Waals surface area contributed by atoms with Crippen LogP contribution in [0.1, 0.15) is 47.3 Å². The lowest BCUT2D eigenvalue weighted by Crippen LogP contribution is -2.37. The number of ether oxygens (including phenoxy) is 1. The summed E-state index contributed by atoms with van der Waals surface area (Å²) >= 11 is 6.16. The van der Waals surface area contributed by atoms with Crippen LogP contribution in [0.4, 0.5) is 0 Å². The average molecular weight is 427 g/mol. The highest BCUT2D eigenvalue weighted by atomic mass is 35.5. The maximum absolute atomic E-state index is 12.6. The number of amides is 1. The Labute approximate surface area is 180 Å². The van der Waals surface area contributed by atoms with Crippen LogP contribution in [-0.2, 0) is 9.53 Å². The van der Waals surface area contributed by atoms with E-state index >= 15 is 0 Å². The summed E-state index contributed by atoms with van der Waals surface area (Å²) in [7, 11) is 0. The number of hydrogen-bond donors (Lipinski definition) is 1. The number of aryl methyl sites for hydroxylation is 2. The number of nitrogens with one attached hydrogen (secondary N) is 1. The van der Waals surface area contributed by atoms with Gasteiger partial charge >= 0.3 is 5.97 Å². The van der Waals surface area contributed by atoms with Gasteiger partial charge in [-0.25, -0.2) is 14.5 Å². The Hall–Kier alpha value is -3.19. The lowest BCUT2D eigenvalue weighted by atomic mass is 10.1. The van der Waals surface area contributed by atoms with Crippen molar-refractivity contribution in [2.45, 2.75) is 39.8 Å². The molecule has 0 spiro atoms. The van der Waals surface area contributed by atoms with Crippen molar-refractivity contribution in [1.29, 1.82) is 0 Å². The minimum atomic E-state index is -1.01. The van der Waals surface area contributed by atoms with Crippen LogP contribution in [0, 0.1) is 13.8 Å². The van der Waals surface area contributed by atoms with E-state index in [4.69, 9.17) is 16.3 Å². The Morgan fingerprint density at radius 2 is 1.80 bits per heavy atom. The van der Waals surface area contributed by atoms with Gasteiger partial charge in [0.1, 0.15) is 0 Å². The van der Waals surface area contributed by atoms with Crippen LogP contribution in [-0.4, -0.2) is 32.7 Å². The molecule has 156 valence electrons.